The lowest BCUT2D eigenvalue weighted by molar-refractivity contribution is 0.0373. The highest BCUT2D eigenvalue weighted by atomic mass is 32.1. The molecule has 2 saturated heterocycles. The fraction of sp³-hybridized carbons (Fsp3) is 0.480. The predicted molar refractivity (Wildman–Crippen MR) is 138 cm³/mol. The van der Waals surface area contributed by atoms with Gasteiger partial charge in [-0.3, -0.25) is 14.7 Å². The molecule has 0 atom stereocenters. The maximum atomic E-state index is 12.7. The van der Waals surface area contributed by atoms with E-state index in [0.29, 0.717) is 11.4 Å². The second-order valence-electron chi connectivity index (χ2n) is 9.21. The molecule has 2 fully saturated rings. The van der Waals surface area contributed by atoms with Crippen molar-refractivity contribution in [3.63, 3.8) is 0 Å². The van der Waals surface area contributed by atoms with Crippen LogP contribution in [0.4, 0.5) is 5.13 Å². The molecule has 0 bridgehead atoms. The Kier molecular flexibility index (Phi) is 6.17. The van der Waals surface area contributed by atoms with Gasteiger partial charge >= 0.3 is 0 Å². The van der Waals surface area contributed by atoms with Crippen molar-refractivity contribution >= 4 is 48.2 Å². The summed E-state index contributed by atoms with van der Waals surface area (Å²) in [6, 6.07) is 4.53. The summed E-state index contributed by atoms with van der Waals surface area (Å²) in [4.78, 5) is 29.7. The van der Waals surface area contributed by atoms with Crippen LogP contribution in [0.3, 0.4) is 0 Å². The zero-order valence-corrected chi connectivity index (χ0v) is 20.1. The number of nitrogens with zero attached hydrogens (tertiary/aromatic N) is 4. The van der Waals surface area contributed by atoms with E-state index >= 15 is 0 Å². The number of aromatic nitrogens is 3. The van der Waals surface area contributed by atoms with Gasteiger partial charge in [-0.05, 0) is 44.5 Å². The molecule has 2 aliphatic rings. The van der Waals surface area contributed by atoms with Gasteiger partial charge in [0.2, 0.25) is 0 Å². The van der Waals surface area contributed by atoms with Crippen molar-refractivity contribution < 1.29 is 4.74 Å². The number of ether oxygens (including phenoxy) is 1. The summed E-state index contributed by atoms with van der Waals surface area (Å²) in [7, 11) is 0. The van der Waals surface area contributed by atoms with Crippen LogP contribution in [0.5, 0.6) is 0 Å². The maximum Gasteiger partial charge on any atom is 0.256 e. The smallest absolute Gasteiger partial charge is 0.256 e. The minimum absolute atomic E-state index is 0.0761. The van der Waals surface area contributed by atoms with Gasteiger partial charge in [-0.25, -0.2) is 4.98 Å². The number of morpholine rings is 1. The average Bonchev–Trinajstić information content (AvgIpc) is 3.34. The molecule has 34 heavy (non-hydrogen) atoms. The van der Waals surface area contributed by atoms with Crippen LogP contribution in [0, 0.1) is 0 Å². The number of benzene rings is 1. The minimum atomic E-state index is -0.0761. The van der Waals surface area contributed by atoms with Crippen LogP contribution in [0.15, 0.2) is 35.5 Å². The van der Waals surface area contributed by atoms with E-state index in [0.717, 1.165) is 96.8 Å². The molecule has 8 nitrogen and oxygen atoms in total. The van der Waals surface area contributed by atoms with E-state index in [4.69, 9.17) is 9.72 Å². The Bertz CT molecular complexity index is 1350. The number of pyridine rings is 2. The molecule has 0 saturated carbocycles. The predicted octanol–water partition coefficient (Wildman–Crippen LogP) is 2.97. The van der Waals surface area contributed by atoms with Gasteiger partial charge in [0.05, 0.1) is 28.8 Å². The van der Waals surface area contributed by atoms with Gasteiger partial charge in [-0.2, -0.15) is 0 Å². The molecule has 4 aromatic rings. The van der Waals surface area contributed by atoms with Gasteiger partial charge in [0, 0.05) is 67.0 Å². The van der Waals surface area contributed by atoms with E-state index in [-0.39, 0.29) is 5.56 Å². The Morgan fingerprint density at radius 3 is 2.82 bits per heavy atom. The minimum Gasteiger partial charge on any atom is -0.379 e. The number of nitrogens with one attached hydrogen (secondary N) is 2. The van der Waals surface area contributed by atoms with Crippen LogP contribution in [-0.4, -0.2) is 78.4 Å². The molecule has 1 aromatic carbocycles. The summed E-state index contributed by atoms with van der Waals surface area (Å²) in [5.74, 6) is 0. The molecular weight excluding hydrogens is 448 g/mol. The second kappa shape index (κ2) is 9.58. The molecule has 3 aromatic heterocycles. The van der Waals surface area contributed by atoms with Crippen molar-refractivity contribution in [3.05, 3.63) is 41.1 Å². The Morgan fingerprint density at radius 1 is 1.12 bits per heavy atom. The number of H-pyrrole nitrogens is 1. The molecule has 178 valence electrons. The molecule has 2 N–H and O–H groups in total. The number of fused-ring (bicyclic) bond motifs is 6. The monoisotopic (exact) mass is 478 g/mol. The first-order chi connectivity index (χ1) is 16.8. The lowest BCUT2D eigenvalue weighted by Crippen LogP contribution is -2.43. The summed E-state index contributed by atoms with van der Waals surface area (Å²) in [6.45, 7) is 8.10. The fourth-order valence-corrected chi connectivity index (χ4v) is 6.42. The summed E-state index contributed by atoms with van der Waals surface area (Å²) < 4.78 is 6.51. The highest BCUT2D eigenvalue weighted by Gasteiger charge is 2.23. The van der Waals surface area contributed by atoms with Crippen molar-refractivity contribution in [3.8, 4) is 0 Å². The van der Waals surface area contributed by atoms with E-state index in [1.54, 1.807) is 29.9 Å². The van der Waals surface area contributed by atoms with E-state index in [9.17, 15) is 4.79 Å². The van der Waals surface area contributed by atoms with Crippen molar-refractivity contribution in [1.29, 1.82) is 0 Å². The van der Waals surface area contributed by atoms with E-state index < -0.39 is 0 Å². The number of anilines is 1. The summed E-state index contributed by atoms with van der Waals surface area (Å²) in [5, 5.41) is 8.33. The first-order valence-corrected chi connectivity index (χ1v) is 13.1. The largest absolute Gasteiger partial charge is 0.379 e. The van der Waals surface area contributed by atoms with E-state index in [2.05, 4.69) is 25.1 Å². The standard InChI is InChI=1S/C25H30N6O2S/c32-24-21-19(3-8-28-24)23-22(18-2-7-26-16-20(18)21)29-25(34-23)31-10-4-17(5-11-31)27-6-1-9-30-12-14-33-15-13-30/h2-3,7-8,16-17,27H,1,4-6,9-15H2,(H,28,32). The third-order valence-electron chi connectivity index (χ3n) is 7.12. The average molecular weight is 479 g/mol. The highest BCUT2D eigenvalue weighted by Crippen LogP contribution is 2.39. The van der Waals surface area contributed by atoms with E-state index in [1.165, 1.54) is 6.42 Å². The van der Waals surface area contributed by atoms with E-state index in [1.807, 2.05) is 12.1 Å². The molecular formula is C25H30N6O2S. The third kappa shape index (κ3) is 4.17. The van der Waals surface area contributed by atoms with Gasteiger partial charge in [-0.15, -0.1) is 0 Å². The lowest BCUT2D eigenvalue weighted by Gasteiger charge is -2.32. The molecule has 0 amide bonds. The van der Waals surface area contributed by atoms with Gasteiger partial charge < -0.3 is 19.9 Å². The fourth-order valence-electron chi connectivity index (χ4n) is 5.25. The zero-order valence-electron chi connectivity index (χ0n) is 19.3. The van der Waals surface area contributed by atoms with Crippen LogP contribution in [0.2, 0.25) is 0 Å². The Hall–Kier alpha value is -2.59. The molecule has 9 heteroatoms. The Labute approximate surface area is 201 Å². The van der Waals surface area contributed by atoms with Crippen molar-refractivity contribution in [1.82, 2.24) is 25.2 Å². The van der Waals surface area contributed by atoms with Crippen LogP contribution in [0.1, 0.15) is 19.3 Å². The lowest BCUT2D eigenvalue weighted by atomic mass is 10.0. The van der Waals surface area contributed by atoms with Crippen LogP contribution < -0.4 is 15.8 Å². The highest BCUT2D eigenvalue weighted by molar-refractivity contribution is 7.23. The molecule has 5 heterocycles. The number of hydrogen-bond donors (Lipinski definition) is 2. The zero-order chi connectivity index (χ0) is 22.9. The number of aromatic amines is 1. The van der Waals surface area contributed by atoms with Crippen molar-refractivity contribution in [2.24, 2.45) is 0 Å². The second-order valence-corrected chi connectivity index (χ2v) is 10.2. The maximum absolute atomic E-state index is 12.7. The quantitative estimate of drug-likeness (QED) is 0.325. The molecule has 6 rings (SSSR count). The summed E-state index contributed by atoms with van der Waals surface area (Å²) in [6.07, 6.45) is 8.72. The number of thiazole rings is 1. The van der Waals surface area contributed by atoms with Crippen LogP contribution in [0.25, 0.3) is 31.8 Å². The SMILES string of the molecule is O=c1[nH]ccc2c3sc(N4CCC(NCCCN5CCOCC5)CC4)nc3c3ccncc3c12. The van der Waals surface area contributed by atoms with Crippen molar-refractivity contribution in [2.45, 2.75) is 25.3 Å². The topological polar surface area (TPSA) is 86.4 Å². The number of piperidine rings is 1. The summed E-state index contributed by atoms with van der Waals surface area (Å²) in [5.41, 5.74) is 0.895. The van der Waals surface area contributed by atoms with Gasteiger partial charge in [0.25, 0.3) is 5.56 Å². The Morgan fingerprint density at radius 2 is 1.97 bits per heavy atom. The van der Waals surface area contributed by atoms with Crippen LogP contribution in [-0.2, 0) is 4.74 Å². The molecule has 0 aliphatic carbocycles. The number of hydrogen-bond acceptors (Lipinski definition) is 8. The van der Waals surface area contributed by atoms with Crippen molar-refractivity contribution in [2.75, 3.05) is 57.4 Å². The number of rotatable bonds is 6. The van der Waals surface area contributed by atoms with Crippen LogP contribution >= 0.6 is 11.3 Å². The van der Waals surface area contributed by atoms with Gasteiger partial charge in [-0.1, -0.05) is 11.3 Å². The molecule has 0 radical (unpaired) electrons. The molecule has 0 unspecified atom stereocenters. The normalized spacial score (nSPS) is 18.4. The first kappa shape index (κ1) is 21.9. The first-order valence-electron chi connectivity index (χ1n) is 12.2. The van der Waals surface area contributed by atoms with Gasteiger partial charge in [0.1, 0.15) is 0 Å². The van der Waals surface area contributed by atoms with Gasteiger partial charge in [0.15, 0.2) is 5.13 Å². The Balaban J connectivity index is 1.15. The molecule has 0 spiro atoms. The molecule has 2 aliphatic heterocycles. The summed E-state index contributed by atoms with van der Waals surface area (Å²) >= 11 is 1.70. The third-order valence-corrected chi connectivity index (χ3v) is 8.27.